The predicted octanol–water partition coefficient (Wildman–Crippen LogP) is 15.6. The summed E-state index contributed by atoms with van der Waals surface area (Å²) in [7, 11) is 0. The lowest BCUT2D eigenvalue weighted by Gasteiger charge is -2.28. The molecule has 0 amide bonds. The highest BCUT2D eigenvalue weighted by Crippen LogP contribution is 2.51. The first-order chi connectivity index (χ1) is 26.0. The van der Waals surface area contributed by atoms with E-state index >= 15 is 0 Å². The monoisotopic (exact) mass is 719 g/mol. The van der Waals surface area contributed by atoms with Crippen LogP contribution in [0.2, 0.25) is 0 Å². The second kappa shape index (κ2) is 11.8. The van der Waals surface area contributed by atoms with Gasteiger partial charge in [0.05, 0.1) is 16.8 Å². The van der Waals surface area contributed by atoms with Crippen LogP contribution >= 0.6 is 11.3 Å². The van der Waals surface area contributed by atoms with Crippen LogP contribution in [-0.4, -0.2) is 0 Å². The SMILES string of the molecule is CC(C)(C)c1ccc2oc3c(cc(N(c4ccc(-c5ccccc5)cc4)c4cccc5sc6ccccc6c45)c4c5cc(C(C)(C)C)ccc5oc34)c2c1. The van der Waals surface area contributed by atoms with Gasteiger partial charge in [0.25, 0.3) is 0 Å². The van der Waals surface area contributed by atoms with Crippen molar-refractivity contribution >= 4 is 92.4 Å². The Kier molecular flexibility index (Phi) is 7.18. The van der Waals surface area contributed by atoms with Crippen molar-refractivity contribution < 1.29 is 8.83 Å². The number of thiophene rings is 1. The summed E-state index contributed by atoms with van der Waals surface area (Å²) < 4.78 is 16.2. The normalized spacial score (nSPS) is 12.6. The summed E-state index contributed by atoms with van der Waals surface area (Å²) in [6.45, 7) is 13.6. The fourth-order valence-electron chi connectivity index (χ4n) is 8.04. The Balaban J connectivity index is 1.36. The van der Waals surface area contributed by atoms with E-state index in [1.807, 2.05) is 11.3 Å². The van der Waals surface area contributed by atoms with Gasteiger partial charge in [-0.3, -0.25) is 0 Å². The van der Waals surface area contributed by atoms with Gasteiger partial charge in [0, 0.05) is 42.0 Å². The van der Waals surface area contributed by atoms with Crippen molar-refractivity contribution in [3.05, 3.63) is 151 Å². The zero-order chi connectivity index (χ0) is 36.9. The number of hydrogen-bond donors (Lipinski definition) is 0. The Morgan fingerprint density at radius 3 is 1.78 bits per heavy atom. The minimum Gasteiger partial charge on any atom is -0.452 e. The van der Waals surface area contributed by atoms with Gasteiger partial charge in [0.1, 0.15) is 11.2 Å². The summed E-state index contributed by atoms with van der Waals surface area (Å²) in [5.41, 5.74) is 11.3. The smallest absolute Gasteiger partial charge is 0.180 e. The van der Waals surface area contributed by atoms with Crippen molar-refractivity contribution in [1.82, 2.24) is 0 Å². The largest absolute Gasteiger partial charge is 0.452 e. The first-order valence-electron chi connectivity index (χ1n) is 18.8. The summed E-state index contributed by atoms with van der Waals surface area (Å²) in [6.07, 6.45) is 0. The molecule has 0 saturated carbocycles. The molecule has 0 radical (unpaired) electrons. The number of fused-ring (bicyclic) bond motifs is 10. The highest BCUT2D eigenvalue weighted by molar-refractivity contribution is 7.26. The molecule has 0 spiro atoms. The zero-order valence-electron chi connectivity index (χ0n) is 31.5. The summed E-state index contributed by atoms with van der Waals surface area (Å²) in [6, 6.07) is 50.8. The van der Waals surface area contributed by atoms with Gasteiger partial charge in [-0.25, -0.2) is 0 Å². The highest BCUT2D eigenvalue weighted by Gasteiger charge is 2.28. The van der Waals surface area contributed by atoms with Gasteiger partial charge in [-0.2, -0.15) is 0 Å². The van der Waals surface area contributed by atoms with Crippen molar-refractivity contribution in [2.45, 2.75) is 52.4 Å². The topological polar surface area (TPSA) is 29.5 Å². The molecule has 0 bridgehead atoms. The number of nitrogens with zero attached hydrogens (tertiary/aromatic N) is 1. The number of rotatable bonds is 4. The molecule has 264 valence electrons. The van der Waals surface area contributed by atoms with Crippen LogP contribution < -0.4 is 4.90 Å². The van der Waals surface area contributed by atoms with Crippen LogP contribution in [0.5, 0.6) is 0 Å². The van der Waals surface area contributed by atoms with Gasteiger partial charge in [-0.05, 0) is 93.7 Å². The molecule has 0 N–H and O–H groups in total. The van der Waals surface area contributed by atoms with E-state index in [-0.39, 0.29) is 10.8 Å². The van der Waals surface area contributed by atoms with Gasteiger partial charge in [0.2, 0.25) is 0 Å². The first-order valence-corrected chi connectivity index (χ1v) is 19.6. The quantitative estimate of drug-likeness (QED) is 0.181. The van der Waals surface area contributed by atoms with Crippen molar-refractivity contribution in [2.75, 3.05) is 4.90 Å². The molecule has 0 aliphatic heterocycles. The molecule has 7 aromatic carbocycles. The standard InChI is InChI=1S/C50H41NO2S/c1-49(2,3)32-21-25-41-36(27-32)37-29-40(46-38-28-33(50(4,5)6)22-26-42(38)53-48(46)47(37)52-41)51(34-23-19-31(20-24-34)30-13-8-7-9-14-30)39-16-12-18-44-45(39)35-15-10-11-17-43(35)54-44/h7-29H,1-6H3. The molecule has 3 aromatic heterocycles. The van der Waals surface area contributed by atoms with Crippen LogP contribution in [0.15, 0.2) is 148 Å². The van der Waals surface area contributed by atoms with E-state index in [2.05, 4.69) is 186 Å². The molecule has 0 unspecified atom stereocenters. The van der Waals surface area contributed by atoms with Crippen LogP contribution in [0.4, 0.5) is 17.1 Å². The molecular formula is C50H41NO2S. The molecule has 0 fully saturated rings. The van der Waals surface area contributed by atoms with E-state index in [4.69, 9.17) is 8.83 Å². The number of furan rings is 2. The van der Waals surface area contributed by atoms with E-state index in [0.717, 1.165) is 60.9 Å². The van der Waals surface area contributed by atoms with Crippen molar-refractivity contribution in [1.29, 1.82) is 0 Å². The summed E-state index contributed by atoms with van der Waals surface area (Å²) >= 11 is 1.85. The lowest BCUT2D eigenvalue weighted by molar-refractivity contribution is 0.589. The van der Waals surface area contributed by atoms with Crippen LogP contribution in [0.3, 0.4) is 0 Å². The van der Waals surface area contributed by atoms with Gasteiger partial charge in [-0.15, -0.1) is 11.3 Å². The Labute approximate surface area is 319 Å². The maximum atomic E-state index is 6.92. The zero-order valence-corrected chi connectivity index (χ0v) is 32.3. The molecule has 3 heterocycles. The highest BCUT2D eigenvalue weighted by atomic mass is 32.1. The second-order valence-electron chi connectivity index (χ2n) is 16.6. The van der Waals surface area contributed by atoms with Crippen LogP contribution in [0, 0.1) is 0 Å². The molecule has 54 heavy (non-hydrogen) atoms. The van der Waals surface area contributed by atoms with Gasteiger partial charge in [0.15, 0.2) is 11.2 Å². The number of anilines is 3. The number of hydrogen-bond acceptors (Lipinski definition) is 4. The molecule has 10 rings (SSSR count). The summed E-state index contributed by atoms with van der Waals surface area (Å²) in [4.78, 5) is 2.46. The third kappa shape index (κ3) is 5.15. The predicted molar refractivity (Wildman–Crippen MR) is 231 cm³/mol. The van der Waals surface area contributed by atoms with Gasteiger partial charge in [-0.1, -0.05) is 120 Å². The fourth-order valence-corrected chi connectivity index (χ4v) is 9.17. The molecule has 4 heteroatoms. The van der Waals surface area contributed by atoms with Gasteiger partial charge >= 0.3 is 0 Å². The summed E-state index contributed by atoms with van der Waals surface area (Å²) in [5.74, 6) is 0. The second-order valence-corrected chi connectivity index (χ2v) is 17.7. The third-order valence-corrected chi connectivity index (χ3v) is 12.1. The number of benzene rings is 7. The van der Waals surface area contributed by atoms with Crippen LogP contribution in [0.25, 0.3) is 75.2 Å². The van der Waals surface area contributed by atoms with E-state index in [9.17, 15) is 0 Å². The van der Waals surface area contributed by atoms with E-state index in [0.29, 0.717) is 0 Å². The van der Waals surface area contributed by atoms with Crippen molar-refractivity contribution in [3.63, 3.8) is 0 Å². The third-order valence-electron chi connectivity index (χ3n) is 11.0. The molecule has 0 atom stereocenters. The molecule has 10 aromatic rings. The lowest BCUT2D eigenvalue weighted by atomic mass is 9.86. The van der Waals surface area contributed by atoms with Crippen LogP contribution in [0.1, 0.15) is 52.7 Å². The Morgan fingerprint density at radius 2 is 1.06 bits per heavy atom. The Hall–Kier alpha value is -5.84. The van der Waals surface area contributed by atoms with E-state index in [1.54, 1.807) is 0 Å². The molecule has 0 saturated heterocycles. The van der Waals surface area contributed by atoms with E-state index in [1.165, 1.54) is 42.4 Å². The minimum absolute atomic E-state index is 0.0182. The van der Waals surface area contributed by atoms with Gasteiger partial charge < -0.3 is 13.7 Å². The minimum atomic E-state index is -0.0427. The first kappa shape index (κ1) is 32.8. The van der Waals surface area contributed by atoms with Crippen LogP contribution in [-0.2, 0) is 10.8 Å². The molecule has 0 aliphatic rings. The maximum absolute atomic E-state index is 6.92. The van der Waals surface area contributed by atoms with Crippen molar-refractivity contribution in [2.24, 2.45) is 0 Å². The molecular weight excluding hydrogens is 679 g/mol. The molecule has 0 aliphatic carbocycles. The van der Waals surface area contributed by atoms with E-state index < -0.39 is 0 Å². The maximum Gasteiger partial charge on any atom is 0.180 e. The fraction of sp³-hybridized carbons (Fsp3) is 0.160. The van der Waals surface area contributed by atoms with Crippen molar-refractivity contribution in [3.8, 4) is 11.1 Å². The average molecular weight is 720 g/mol. The Morgan fingerprint density at radius 1 is 0.444 bits per heavy atom. The molecule has 3 nitrogen and oxygen atoms in total. The Bertz CT molecular complexity index is 3060. The average Bonchev–Trinajstić information content (AvgIpc) is 3.86. The lowest BCUT2D eigenvalue weighted by Crippen LogP contribution is -2.11. The summed E-state index contributed by atoms with van der Waals surface area (Å²) in [5, 5.41) is 6.76.